The molecule has 0 bridgehead atoms. The van der Waals surface area contributed by atoms with Gasteiger partial charge in [-0.1, -0.05) is 41.9 Å². The van der Waals surface area contributed by atoms with E-state index in [2.05, 4.69) is 55.8 Å². The minimum atomic E-state index is -0.153. The SMILES string of the molecule is CC(C)c1ccc(OC(C)(C)CBr)cc1. The van der Waals surface area contributed by atoms with Crippen molar-refractivity contribution in [2.45, 2.75) is 39.2 Å². The lowest BCUT2D eigenvalue weighted by Crippen LogP contribution is -2.29. The van der Waals surface area contributed by atoms with Crippen molar-refractivity contribution in [2.24, 2.45) is 0 Å². The number of rotatable bonds is 4. The third kappa shape index (κ3) is 3.86. The van der Waals surface area contributed by atoms with Gasteiger partial charge >= 0.3 is 0 Å². The molecule has 0 fully saturated rings. The van der Waals surface area contributed by atoms with E-state index >= 15 is 0 Å². The van der Waals surface area contributed by atoms with E-state index in [1.165, 1.54) is 5.56 Å². The van der Waals surface area contributed by atoms with Gasteiger partial charge in [-0.15, -0.1) is 0 Å². The molecule has 0 aromatic heterocycles. The maximum Gasteiger partial charge on any atom is 0.120 e. The smallest absolute Gasteiger partial charge is 0.120 e. The first kappa shape index (κ1) is 12.6. The Balaban J connectivity index is 2.73. The fourth-order valence-electron chi connectivity index (χ4n) is 1.27. The van der Waals surface area contributed by atoms with Gasteiger partial charge in [-0.3, -0.25) is 0 Å². The van der Waals surface area contributed by atoms with Crippen LogP contribution in [-0.2, 0) is 0 Å². The van der Waals surface area contributed by atoms with Crippen LogP contribution in [0.15, 0.2) is 24.3 Å². The Morgan fingerprint density at radius 1 is 1.20 bits per heavy atom. The zero-order chi connectivity index (χ0) is 11.5. The molecule has 2 heteroatoms. The largest absolute Gasteiger partial charge is 0.487 e. The van der Waals surface area contributed by atoms with Crippen LogP contribution in [0.2, 0.25) is 0 Å². The lowest BCUT2D eigenvalue weighted by molar-refractivity contribution is 0.137. The molecule has 0 aliphatic carbocycles. The van der Waals surface area contributed by atoms with Gasteiger partial charge in [0.2, 0.25) is 0 Å². The lowest BCUT2D eigenvalue weighted by atomic mass is 10.0. The van der Waals surface area contributed by atoms with Crippen LogP contribution in [-0.4, -0.2) is 10.9 Å². The van der Waals surface area contributed by atoms with Crippen LogP contribution in [0.4, 0.5) is 0 Å². The second kappa shape index (κ2) is 5.02. The molecule has 1 aromatic carbocycles. The quantitative estimate of drug-likeness (QED) is 0.739. The Labute approximate surface area is 101 Å². The summed E-state index contributed by atoms with van der Waals surface area (Å²) < 4.78 is 5.84. The molecule has 1 nitrogen and oxygen atoms in total. The zero-order valence-electron chi connectivity index (χ0n) is 9.88. The van der Waals surface area contributed by atoms with Gasteiger partial charge in [-0.2, -0.15) is 0 Å². The number of hydrogen-bond donors (Lipinski definition) is 0. The Kier molecular flexibility index (Phi) is 4.21. The first-order valence-electron chi connectivity index (χ1n) is 5.29. The van der Waals surface area contributed by atoms with Crippen molar-refractivity contribution in [3.8, 4) is 5.75 Å². The van der Waals surface area contributed by atoms with Crippen LogP contribution in [0.25, 0.3) is 0 Å². The van der Waals surface area contributed by atoms with Crippen molar-refractivity contribution < 1.29 is 4.74 Å². The summed E-state index contributed by atoms with van der Waals surface area (Å²) >= 11 is 3.44. The summed E-state index contributed by atoms with van der Waals surface area (Å²) in [6.45, 7) is 8.52. The third-order valence-electron chi connectivity index (χ3n) is 2.26. The average Bonchev–Trinajstić information content (AvgIpc) is 2.18. The normalized spacial score (nSPS) is 11.9. The molecule has 0 aliphatic heterocycles. The molecular formula is C13H19BrO. The van der Waals surface area contributed by atoms with Crippen LogP contribution >= 0.6 is 15.9 Å². The second-order valence-electron chi connectivity index (χ2n) is 4.72. The molecule has 0 saturated heterocycles. The first-order chi connectivity index (χ1) is 6.94. The highest BCUT2D eigenvalue weighted by molar-refractivity contribution is 9.09. The molecule has 0 unspecified atom stereocenters. The van der Waals surface area contributed by atoms with Gasteiger partial charge in [-0.25, -0.2) is 0 Å². The number of hydrogen-bond acceptors (Lipinski definition) is 1. The Hall–Kier alpha value is -0.500. The molecule has 0 heterocycles. The summed E-state index contributed by atoms with van der Waals surface area (Å²) in [6, 6.07) is 8.34. The summed E-state index contributed by atoms with van der Waals surface area (Å²) in [7, 11) is 0. The lowest BCUT2D eigenvalue weighted by Gasteiger charge is -2.24. The molecule has 0 aliphatic rings. The monoisotopic (exact) mass is 270 g/mol. The standard InChI is InChI=1S/C13H19BrO/c1-10(2)11-5-7-12(8-6-11)15-13(3,4)9-14/h5-8,10H,9H2,1-4H3. The molecule has 0 saturated carbocycles. The van der Waals surface area contributed by atoms with Gasteiger partial charge < -0.3 is 4.74 Å². The molecule has 1 aromatic rings. The second-order valence-corrected chi connectivity index (χ2v) is 5.28. The molecule has 0 amide bonds. The first-order valence-corrected chi connectivity index (χ1v) is 6.42. The summed E-state index contributed by atoms with van der Waals surface area (Å²) in [6.07, 6.45) is 0. The maximum atomic E-state index is 5.84. The van der Waals surface area contributed by atoms with Gasteiger partial charge in [0.05, 0.1) is 0 Å². The summed E-state index contributed by atoms with van der Waals surface area (Å²) in [5.74, 6) is 1.51. The third-order valence-corrected chi connectivity index (χ3v) is 3.61. The van der Waals surface area contributed by atoms with E-state index < -0.39 is 0 Å². The van der Waals surface area contributed by atoms with Gasteiger partial charge in [0, 0.05) is 5.33 Å². The van der Waals surface area contributed by atoms with E-state index in [9.17, 15) is 0 Å². The van der Waals surface area contributed by atoms with Crippen molar-refractivity contribution in [2.75, 3.05) is 5.33 Å². The number of ether oxygens (including phenoxy) is 1. The van der Waals surface area contributed by atoms with Crippen molar-refractivity contribution >= 4 is 15.9 Å². The summed E-state index contributed by atoms with van der Waals surface area (Å²) in [5, 5.41) is 0.825. The minimum Gasteiger partial charge on any atom is -0.487 e. The highest BCUT2D eigenvalue weighted by Crippen LogP contribution is 2.22. The molecule has 84 valence electrons. The fraction of sp³-hybridized carbons (Fsp3) is 0.538. The van der Waals surface area contributed by atoms with Crippen molar-refractivity contribution in [1.29, 1.82) is 0 Å². The van der Waals surface area contributed by atoms with Crippen molar-refractivity contribution in [3.05, 3.63) is 29.8 Å². The topological polar surface area (TPSA) is 9.23 Å². The van der Waals surface area contributed by atoms with Gasteiger partial charge in [-0.05, 0) is 37.5 Å². The maximum absolute atomic E-state index is 5.84. The highest BCUT2D eigenvalue weighted by atomic mass is 79.9. The van der Waals surface area contributed by atoms with Crippen LogP contribution in [0.3, 0.4) is 0 Å². The molecule has 0 atom stereocenters. The van der Waals surface area contributed by atoms with Crippen LogP contribution < -0.4 is 4.74 Å². The minimum absolute atomic E-state index is 0.153. The number of alkyl halides is 1. The highest BCUT2D eigenvalue weighted by Gasteiger charge is 2.17. The average molecular weight is 271 g/mol. The van der Waals surface area contributed by atoms with Crippen LogP contribution in [0, 0.1) is 0 Å². The molecule has 1 rings (SSSR count). The van der Waals surface area contributed by atoms with Crippen molar-refractivity contribution in [3.63, 3.8) is 0 Å². The predicted octanol–water partition coefficient (Wildman–Crippen LogP) is 4.36. The Bertz CT molecular complexity index is 301. The fourth-order valence-corrected chi connectivity index (χ4v) is 1.38. The molecule has 0 N–H and O–H groups in total. The Morgan fingerprint density at radius 2 is 1.73 bits per heavy atom. The molecule has 0 radical (unpaired) electrons. The molecular weight excluding hydrogens is 252 g/mol. The Morgan fingerprint density at radius 3 is 2.13 bits per heavy atom. The van der Waals surface area contributed by atoms with E-state index in [1.807, 2.05) is 12.1 Å². The predicted molar refractivity (Wildman–Crippen MR) is 69.0 cm³/mol. The molecule has 0 spiro atoms. The van der Waals surface area contributed by atoms with E-state index in [4.69, 9.17) is 4.74 Å². The van der Waals surface area contributed by atoms with Gasteiger partial charge in [0.25, 0.3) is 0 Å². The zero-order valence-corrected chi connectivity index (χ0v) is 11.5. The number of halogens is 1. The van der Waals surface area contributed by atoms with Gasteiger partial charge in [0.15, 0.2) is 0 Å². The van der Waals surface area contributed by atoms with Crippen LogP contribution in [0.5, 0.6) is 5.75 Å². The molecule has 15 heavy (non-hydrogen) atoms. The van der Waals surface area contributed by atoms with E-state index in [-0.39, 0.29) is 5.60 Å². The number of benzene rings is 1. The van der Waals surface area contributed by atoms with Gasteiger partial charge in [0.1, 0.15) is 11.4 Å². The van der Waals surface area contributed by atoms with Crippen molar-refractivity contribution in [1.82, 2.24) is 0 Å². The summed E-state index contributed by atoms with van der Waals surface area (Å²) in [5.41, 5.74) is 1.19. The van der Waals surface area contributed by atoms with E-state index in [0.29, 0.717) is 5.92 Å². The summed E-state index contributed by atoms with van der Waals surface area (Å²) in [4.78, 5) is 0. The van der Waals surface area contributed by atoms with E-state index in [1.54, 1.807) is 0 Å². The van der Waals surface area contributed by atoms with E-state index in [0.717, 1.165) is 11.1 Å². The van der Waals surface area contributed by atoms with Crippen LogP contribution in [0.1, 0.15) is 39.2 Å².